The number of hydrogen-bond acceptors (Lipinski definition) is 6. The van der Waals surface area contributed by atoms with Gasteiger partial charge in [-0.1, -0.05) is 5.11 Å². The van der Waals surface area contributed by atoms with Crippen LogP contribution in [0, 0.1) is 11.3 Å². The molecule has 0 unspecified atom stereocenters. The zero-order valence-corrected chi connectivity index (χ0v) is 11.6. The average Bonchev–Trinajstić information content (AvgIpc) is 2.90. The monoisotopic (exact) mass is 306 g/mol. The van der Waals surface area contributed by atoms with Gasteiger partial charge in [0.1, 0.15) is 6.23 Å². The van der Waals surface area contributed by atoms with Crippen molar-refractivity contribution in [3.8, 4) is 6.07 Å². The third-order valence-corrected chi connectivity index (χ3v) is 3.44. The van der Waals surface area contributed by atoms with Gasteiger partial charge in [0.25, 0.3) is 5.56 Å². The smallest absolute Gasteiger partial charge is 0.333 e. The van der Waals surface area contributed by atoms with Gasteiger partial charge in [0.15, 0.2) is 0 Å². The molecule has 116 valence electrons. The molecule has 0 amide bonds. The van der Waals surface area contributed by atoms with Crippen molar-refractivity contribution in [1.29, 1.82) is 5.26 Å². The van der Waals surface area contributed by atoms with E-state index in [9.17, 15) is 14.7 Å². The van der Waals surface area contributed by atoms with Crippen molar-refractivity contribution in [2.75, 3.05) is 6.61 Å². The fourth-order valence-electron chi connectivity index (χ4n) is 2.36. The molecular formula is C12H14N6O4. The Balaban J connectivity index is 2.34. The summed E-state index contributed by atoms with van der Waals surface area (Å²) in [5.74, 6) is 0. The van der Waals surface area contributed by atoms with Crippen LogP contribution in [0.3, 0.4) is 0 Å². The maximum Gasteiger partial charge on any atom is 0.333 e. The van der Waals surface area contributed by atoms with Crippen LogP contribution in [0.15, 0.2) is 27.0 Å². The molecule has 22 heavy (non-hydrogen) atoms. The fraction of sp³-hybridized carbons (Fsp3) is 0.583. The average molecular weight is 306 g/mol. The Kier molecular flexibility index (Phi) is 4.95. The predicted molar refractivity (Wildman–Crippen MR) is 73.7 cm³/mol. The molecule has 3 atom stereocenters. The van der Waals surface area contributed by atoms with Gasteiger partial charge in [-0.15, -0.1) is 0 Å². The quantitative estimate of drug-likeness (QED) is 0.457. The lowest BCUT2D eigenvalue weighted by molar-refractivity contribution is -0.0276. The summed E-state index contributed by atoms with van der Waals surface area (Å²) >= 11 is 0. The highest BCUT2D eigenvalue weighted by molar-refractivity contribution is 4.93. The van der Waals surface area contributed by atoms with Gasteiger partial charge in [-0.05, 0) is 5.53 Å². The first-order chi connectivity index (χ1) is 10.6. The highest BCUT2D eigenvalue weighted by Gasteiger charge is 2.35. The summed E-state index contributed by atoms with van der Waals surface area (Å²) in [7, 11) is 0. The zero-order valence-electron chi connectivity index (χ0n) is 11.6. The molecule has 0 radical (unpaired) electrons. The molecule has 1 aromatic rings. The van der Waals surface area contributed by atoms with E-state index in [1.54, 1.807) is 0 Å². The zero-order chi connectivity index (χ0) is 16.1. The lowest BCUT2D eigenvalue weighted by Gasteiger charge is -2.16. The molecule has 1 aliphatic rings. The number of rotatable bonds is 5. The number of ether oxygens (including phenoxy) is 1. The third-order valence-electron chi connectivity index (χ3n) is 3.44. The number of azide groups is 1. The van der Waals surface area contributed by atoms with Gasteiger partial charge in [0.2, 0.25) is 0 Å². The van der Waals surface area contributed by atoms with Crippen molar-refractivity contribution in [2.24, 2.45) is 5.11 Å². The van der Waals surface area contributed by atoms with E-state index in [-0.39, 0.29) is 26.0 Å². The fourth-order valence-corrected chi connectivity index (χ4v) is 2.36. The molecule has 10 nitrogen and oxygen atoms in total. The molecule has 0 aromatic carbocycles. The number of nitriles is 1. The maximum absolute atomic E-state index is 12.3. The molecular weight excluding hydrogens is 292 g/mol. The standard InChI is InChI=1S/C12H14N6O4/c13-3-1-4-17-10(20)2-5-18(12(17)21)11-6-8(15-16-14)9(7-19)22-11/h2,5,8-9,11,19H,1,4,6-7H2/t8-,9+,11+/m0/s1. The van der Waals surface area contributed by atoms with Crippen molar-refractivity contribution in [3.05, 3.63) is 43.5 Å². The van der Waals surface area contributed by atoms with Gasteiger partial charge in [0, 0.05) is 30.1 Å². The SMILES string of the molecule is N#CCCn1c(=O)ccn([C@H]2C[C@H](N=[N+]=[N-])[C@@H](CO)O2)c1=O. The van der Waals surface area contributed by atoms with Crippen molar-refractivity contribution in [2.45, 2.75) is 37.8 Å². The molecule has 0 aliphatic carbocycles. The van der Waals surface area contributed by atoms with E-state index in [2.05, 4.69) is 10.0 Å². The Labute approximate surface area is 124 Å². The van der Waals surface area contributed by atoms with Crippen LogP contribution < -0.4 is 11.2 Å². The predicted octanol–water partition coefficient (Wildman–Crippen LogP) is -0.118. The van der Waals surface area contributed by atoms with Crippen LogP contribution in [0.2, 0.25) is 0 Å². The summed E-state index contributed by atoms with van der Waals surface area (Å²) in [6, 6.07) is 2.49. The molecule has 10 heteroatoms. The first-order valence-electron chi connectivity index (χ1n) is 6.61. The Bertz CT molecular complexity index is 741. The van der Waals surface area contributed by atoms with Gasteiger partial charge >= 0.3 is 5.69 Å². The minimum atomic E-state index is -0.742. The number of aromatic nitrogens is 2. The van der Waals surface area contributed by atoms with Crippen molar-refractivity contribution in [1.82, 2.24) is 9.13 Å². The van der Waals surface area contributed by atoms with Crippen LogP contribution in [0.1, 0.15) is 19.1 Å². The van der Waals surface area contributed by atoms with E-state index in [0.717, 1.165) is 4.57 Å². The number of aliphatic hydroxyl groups excluding tert-OH is 1. The van der Waals surface area contributed by atoms with Gasteiger partial charge in [-0.25, -0.2) is 4.79 Å². The molecule has 0 saturated carbocycles. The summed E-state index contributed by atoms with van der Waals surface area (Å²) in [5.41, 5.74) is 7.40. The van der Waals surface area contributed by atoms with Gasteiger partial charge in [-0.3, -0.25) is 13.9 Å². The highest BCUT2D eigenvalue weighted by atomic mass is 16.5. The van der Waals surface area contributed by atoms with E-state index in [1.807, 2.05) is 6.07 Å². The second-order valence-corrected chi connectivity index (χ2v) is 4.72. The Morgan fingerprint density at radius 3 is 3.00 bits per heavy atom. The van der Waals surface area contributed by atoms with Crippen molar-refractivity contribution >= 4 is 0 Å². The molecule has 1 saturated heterocycles. The molecule has 1 fully saturated rings. The van der Waals surface area contributed by atoms with Crippen LogP contribution >= 0.6 is 0 Å². The summed E-state index contributed by atoms with van der Waals surface area (Å²) in [6.07, 6.45) is 0.101. The van der Waals surface area contributed by atoms with Crippen LogP contribution in [0.5, 0.6) is 0 Å². The molecule has 0 bridgehead atoms. The molecule has 1 aromatic heterocycles. The lowest BCUT2D eigenvalue weighted by atomic mass is 10.1. The number of nitrogens with zero attached hydrogens (tertiary/aromatic N) is 6. The molecule has 1 aliphatic heterocycles. The second-order valence-electron chi connectivity index (χ2n) is 4.72. The summed E-state index contributed by atoms with van der Waals surface area (Å²) < 4.78 is 7.66. The maximum atomic E-state index is 12.3. The second kappa shape index (κ2) is 6.91. The van der Waals surface area contributed by atoms with E-state index in [4.69, 9.17) is 15.5 Å². The van der Waals surface area contributed by atoms with Crippen LogP contribution in [0.4, 0.5) is 0 Å². The van der Waals surface area contributed by atoms with Crippen LogP contribution in [-0.2, 0) is 11.3 Å². The lowest BCUT2D eigenvalue weighted by Crippen LogP contribution is -2.40. The largest absolute Gasteiger partial charge is 0.394 e. The van der Waals surface area contributed by atoms with E-state index >= 15 is 0 Å². The first kappa shape index (κ1) is 15.8. The molecule has 0 spiro atoms. The third kappa shape index (κ3) is 3.01. The van der Waals surface area contributed by atoms with E-state index in [0.29, 0.717) is 0 Å². The minimum Gasteiger partial charge on any atom is -0.394 e. The van der Waals surface area contributed by atoms with Crippen molar-refractivity contribution < 1.29 is 9.84 Å². The topological polar surface area (TPSA) is 146 Å². The number of hydrogen-bond donors (Lipinski definition) is 1. The molecule has 1 N–H and O–H groups in total. The highest BCUT2D eigenvalue weighted by Crippen LogP contribution is 2.29. The van der Waals surface area contributed by atoms with Gasteiger partial charge in [-0.2, -0.15) is 5.26 Å². The molecule has 2 rings (SSSR count). The van der Waals surface area contributed by atoms with Crippen LogP contribution in [0.25, 0.3) is 10.4 Å². The van der Waals surface area contributed by atoms with Gasteiger partial charge in [0.05, 0.1) is 31.2 Å². The Hall–Kier alpha value is -2.60. The summed E-state index contributed by atoms with van der Waals surface area (Å²) in [6.45, 7) is -0.353. The van der Waals surface area contributed by atoms with Gasteiger partial charge < -0.3 is 9.84 Å². The van der Waals surface area contributed by atoms with Crippen LogP contribution in [-0.4, -0.2) is 33.0 Å². The van der Waals surface area contributed by atoms with E-state index < -0.39 is 29.6 Å². The number of aliphatic hydroxyl groups is 1. The van der Waals surface area contributed by atoms with E-state index in [1.165, 1.54) is 16.8 Å². The first-order valence-corrected chi connectivity index (χ1v) is 6.61. The Morgan fingerprint density at radius 2 is 2.36 bits per heavy atom. The summed E-state index contributed by atoms with van der Waals surface area (Å²) in [4.78, 5) is 26.7. The normalized spacial score (nSPS) is 23.7. The molecule has 2 heterocycles. The van der Waals surface area contributed by atoms with Crippen molar-refractivity contribution in [3.63, 3.8) is 0 Å². The summed E-state index contributed by atoms with van der Waals surface area (Å²) in [5, 5.41) is 21.3. The minimum absolute atomic E-state index is 0.00900. The Morgan fingerprint density at radius 1 is 1.59 bits per heavy atom.